The van der Waals surface area contributed by atoms with Crippen molar-refractivity contribution in [2.75, 3.05) is 13.2 Å². The molecule has 2 N–H and O–H groups in total. The maximum absolute atomic E-state index is 14.4. The number of carboxylic acids is 1. The van der Waals surface area contributed by atoms with E-state index in [2.05, 4.69) is 6.58 Å². The number of thioether (sulfide) groups is 1. The number of carboxylic acid groups (broad SMARTS) is 1. The van der Waals surface area contributed by atoms with Crippen LogP contribution in [0.5, 0.6) is 0 Å². The smallest absolute Gasteiger partial charge is 0.308 e. The monoisotopic (exact) mass is 500 g/mol. The highest BCUT2D eigenvalue weighted by Crippen LogP contribution is 2.71. The lowest BCUT2D eigenvalue weighted by Crippen LogP contribution is -2.60. The van der Waals surface area contributed by atoms with E-state index in [1.54, 1.807) is 15.9 Å². The number of benzene rings is 1. The van der Waals surface area contributed by atoms with Gasteiger partial charge >= 0.3 is 5.97 Å². The van der Waals surface area contributed by atoms with Crippen molar-refractivity contribution in [2.45, 2.75) is 74.1 Å². The van der Waals surface area contributed by atoms with Crippen LogP contribution in [0.25, 0.3) is 0 Å². The first-order valence-corrected chi connectivity index (χ1v) is 13.1. The summed E-state index contributed by atoms with van der Waals surface area (Å²) in [4.78, 5) is 44.2. The number of carbonyl (C=O) groups excluding carboxylic acids is 2. The molecule has 2 unspecified atom stereocenters. The Morgan fingerprint density at radius 2 is 1.94 bits per heavy atom. The van der Waals surface area contributed by atoms with Crippen molar-refractivity contribution in [1.82, 2.24) is 9.80 Å². The van der Waals surface area contributed by atoms with Crippen molar-refractivity contribution >= 4 is 29.5 Å². The second-order valence-corrected chi connectivity index (χ2v) is 13.1. The second-order valence-electron chi connectivity index (χ2n) is 11.2. The van der Waals surface area contributed by atoms with Crippen LogP contribution >= 0.6 is 11.8 Å². The van der Waals surface area contributed by atoms with Gasteiger partial charge in [-0.25, -0.2) is 0 Å². The van der Waals surface area contributed by atoms with E-state index in [-0.39, 0.29) is 18.4 Å². The van der Waals surface area contributed by atoms with E-state index in [1.807, 2.05) is 58.0 Å². The van der Waals surface area contributed by atoms with Crippen LogP contribution in [0.3, 0.4) is 0 Å². The number of aliphatic hydroxyl groups excluding tert-OH is 1. The summed E-state index contributed by atoms with van der Waals surface area (Å²) in [5.74, 6) is -3.19. The number of rotatable bonds is 8. The number of hydrogen-bond acceptors (Lipinski definition) is 5. The Bertz CT molecular complexity index is 1020. The summed E-state index contributed by atoms with van der Waals surface area (Å²) in [5, 5.41) is 20.6. The number of nitrogens with zero attached hydrogens (tertiary/aromatic N) is 2. The third-order valence-corrected chi connectivity index (χ3v) is 10.0. The zero-order valence-electron chi connectivity index (χ0n) is 20.9. The number of aliphatic carboxylic acids is 1. The molecule has 0 saturated carbocycles. The maximum atomic E-state index is 14.4. The molecule has 1 aromatic carbocycles. The van der Waals surface area contributed by atoms with Gasteiger partial charge in [0.2, 0.25) is 11.8 Å². The summed E-state index contributed by atoms with van der Waals surface area (Å²) in [6.45, 7) is 11.6. The van der Waals surface area contributed by atoms with Crippen molar-refractivity contribution in [1.29, 1.82) is 0 Å². The number of hydrogen-bond donors (Lipinski definition) is 2. The van der Waals surface area contributed by atoms with E-state index in [0.717, 1.165) is 5.56 Å². The van der Waals surface area contributed by atoms with Gasteiger partial charge in [0.15, 0.2) is 0 Å². The topological polar surface area (TPSA) is 98.2 Å². The molecule has 3 saturated heterocycles. The molecule has 1 aromatic rings. The first-order valence-electron chi connectivity index (χ1n) is 12.2. The molecule has 6 atom stereocenters. The fourth-order valence-corrected chi connectivity index (χ4v) is 8.85. The molecule has 0 aliphatic carbocycles. The minimum Gasteiger partial charge on any atom is -0.481 e. The Hall–Kier alpha value is -2.32. The molecule has 3 aliphatic rings. The van der Waals surface area contributed by atoms with E-state index in [4.69, 9.17) is 0 Å². The number of likely N-dealkylation sites (tertiary alicyclic amines) is 1. The quantitative estimate of drug-likeness (QED) is 0.533. The minimum absolute atomic E-state index is 0.206. The molecule has 3 heterocycles. The maximum Gasteiger partial charge on any atom is 0.308 e. The minimum atomic E-state index is -0.990. The van der Waals surface area contributed by atoms with Gasteiger partial charge in [0.05, 0.1) is 29.2 Å². The van der Waals surface area contributed by atoms with Gasteiger partial charge in [-0.1, -0.05) is 36.4 Å². The molecule has 2 bridgehead atoms. The molecular weight excluding hydrogens is 464 g/mol. The SMILES string of the molecule is C=CCN(C(=O)C1N([C@@H](CO)Cc2ccccc2)C(=O)[C@@H]2[C@H](C(=O)O)[C@]3(C)CCC12S3)C(C)(C)C. The van der Waals surface area contributed by atoms with Crippen molar-refractivity contribution in [3.8, 4) is 0 Å². The predicted octanol–water partition coefficient (Wildman–Crippen LogP) is 2.97. The lowest BCUT2D eigenvalue weighted by molar-refractivity contribution is -0.151. The highest BCUT2D eigenvalue weighted by molar-refractivity contribution is 8.02. The molecule has 190 valence electrons. The number of amides is 2. The van der Waals surface area contributed by atoms with Gasteiger partial charge in [-0.15, -0.1) is 18.3 Å². The molecule has 35 heavy (non-hydrogen) atoms. The van der Waals surface area contributed by atoms with Crippen LogP contribution < -0.4 is 0 Å². The normalized spacial score (nSPS) is 32.4. The third kappa shape index (κ3) is 3.99. The van der Waals surface area contributed by atoms with Crippen LogP contribution in [0.1, 0.15) is 46.1 Å². The Labute approximate surface area is 211 Å². The van der Waals surface area contributed by atoms with E-state index < -0.39 is 44.9 Å². The van der Waals surface area contributed by atoms with Crippen molar-refractivity contribution < 1.29 is 24.6 Å². The second kappa shape index (κ2) is 8.96. The van der Waals surface area contributed by atoms with E-state index >= 15 is 0 Å². The third-order valence-electron chi connectivity index (χ3n) is 8.02. The molecule has 1 spiro atoms. The standard InChI is InChI=1S/C27H36N2O5S/c1-6-14-28(25(2,3)4)23(32)21-27-13-12-26(5,35-27)20(24(33)34)19(27)22(31)29(21)18(16-30)15-17-10-8-7-9-11-17/h6-11,18-21,30H,1,12-16H2,2-5H3,(H,33,34)/t18-,19+,20-,21?,26+,27?/m1/s1. The summed E-state index contributed by atoms with van der Waals surface area (Å²) in [5.41, 5.74) is 0.415. The molecule has 3 fully saturated rings. The molecule has 8 heteroatoms. The summed E-state index contributed by atoms with van der Waals surface area (Å²) >= 11 is 1.51. The van der Waals surface area contributed by atoms with Gasteiger partial charge in [-0.2, -0.15) is 0 Å². The van der Waals surface area contributed by atoms with Gasteiger partial charge in [0.25, 0.3) is 0 Å². The lowest BCUT2D eigenvalue weighted by atomic mass is 9.66. The van der Waals surface area contributed by atoms with E-state index in [9.17, 15) is 24.6 Å². The summed E-state index contributed by atoms with van der Waals surface area (Å²) in [7, 11) is 0. The molecule has 2 amide bonds. The summed E-state index contributed by atoms with van der Waals surface area (Å²) in [6.07, 6.45) is 3.28. The van der Waals surface area contributed by atoms with Gasteiger partial charge in [-0.3, -0.25) is 14.4 Å². The number of carbonyl (C=O) groups is 3. The first kappa shape index (κ1) is 25.8. The molecule has 0 aromatic heterocycles. The van der Waals surface area contributed by atoms with Crippen LogP contribution in [0.15, 0.2) is 43.0 Å². The molecule has 3 aliphatic heterocycles. The highest BCUT2D eigenvalue weighted by atomic mass is 32.2. The van der Waals surface area contributed by atoms with Crippen LogP contribution in [-0.4, -0.2) is 78.1 Å². The van der Waals surface area contributed by atoms with Gasteiger partial charge < -0.3 is 20.0 Å². The molecule has 7 nitrogen and oxygen atoms in total. The van der Waals surface area contributed by atoms with Crippen molar-refractivity contribution in [3.63, 3.8) is 0 Å². The average molecular weight is 501 g/mol. The van der Waals surface area contributed by atoms with E-state index in [0.29, 0.717) is 25.8 Å². The van der Waals surface area contributed by atoms with Gasteiger partial charge in [-0.05, 0) is 52.5 Å². The zero-order chi connectivity index (χ0) is 25.8. The fourth-order valence-electron chi connectivity index (χ4n) is 6.52. The van der Waals surface area contributed by atoms with Crippen LogP contribution in [0.2, 0.25) is 0 Å². The number of fused-ring (bicyclic) bond motifs is 1. The molecular formula is C27H36N2O5S. The summed E-state index contributed by atoms with van der Waals surface area (Å²) in [6, 6.07) is 8.07. The Morgan fingerprint density at radius 1 is 1.29 bits per heavy atom. The molecule has 0 radical (unpaired) electrons. The Kier molecular flexibility index (Phi) is 6.60. The van der Waals surface area contributed by atoms with E-state index in [1.165, 1.54) is 11.8 Å². The predicted molar refractivity (Wildman–Crippen MR) is 136 cm³/mol. The number of aliphatic hydroxyl groups is 1. The lowest BCUT2D eigenvalue weighted by Gasteiger charge is -2.43. The van der Waals surface area contributed by atoms with Crippen LogP contribution in [0, 0.1) is 11.8 Å². The zero-order valence-corrected chi connectivity index (χ0v) is 21.8. The van der Waals surface area contributed by atoms with Gasteiger partial charge in [0.1, 0.15) is 6.04 Å². The Morgan fingerprint density at radius 3 is 2.49 bits per heavy atom. The first-order chi connectivity index (χ1) is 16.4. The Balaban J connectivity index is 1.84. The van der Waals surface area contributed by atoms with Crippen molar-refractivity contribution in [2.24, 2.45) is 11.8 Å². The van der Waals surface area contributed by atoms with Gasteiger partial charge in [0, 0.05) is 16.8 Å². The fraction of sp³-hybridized carbons (Fsp3) is 0.593. The largest absolute Gasteiger partial charge is 0.481 e. The summed E-state index contributed by atoms with van der Waals surface area (Å²) < 4.78 is -1.43. The van der Waals surface area contributed by atoms with Crippen LogP contribution in [-0.2, 0) is 20.8 Å². The molecule has 4 rings (SSSR count). The van der Waals surface area contributed by atoms with Crippen molar-refractivity contribution in [3.05, 3.63) is 48.6 Å². The van der Waals surface area contributed by atoms with Crippen LogP contribution in [0.4, 0.5) is 0 Å². The highest BCUT2D eigenvalue weighted by Gasteiger charge is 2.78. The average Bonchev–Trinajstić information content (AvgIpc) is 3.36.